The third-order valence-electron chi connectivity index (χ3n) is 6.58. The van der Waals surface area contributed by atoms with Crippen LogP contribution in [-0.2, 0) is 6.42 Å². The minimum absolute atomic E-state index is 0.488. The molecule has 1 aliphatic heterocycles. The number of benzene rings is 2. The van der Waals surface area contributed by atoms with Crippen LogP contribution < -0.4 is 0 Å². The van der Waals surface area contributed by atoms with Gasteiger partial charge in [-0.25, -0.2) is 0 Å². The first-order valence-corrected chi connectivity index (χ1v) is 10.9. The van der Waals surface area contributed by atoms with Crippen molar-refractivity contribution in [2.45, 2.75) is 57.5 Å². The van der Waals surface area contributed by atoms with Crippen LogP contribution in [0, 0.1) is 6.92 Å². The van der Waals surface area contributed by atoms with E-state index in [1.807, 2.05) is 0 Å². The molecule has 144 valence electrons. The molecule has 0 aromatic heterocycles. The van der Waals surface area contributed by atoms with Crippen molar-refractivity contribution < 1.29 is 0 Å². The van der Waals surface area contributed by atoms with Crippen molar-refractivity contribution in [1.29, 1.82) is 0 Å². The largest absolute Gasteiger partial charge is 0.298 e. The average Bonchev–Trinajstić information content (AvgIpc) is 2.74. The van der Waals surface area contributed by atoms with Crippen molar-refractivity contribution in [3.8, 4) is 0 Å². The van der Waals surface area contributed by atoms with Gasteiger partial charge in [0.1, 0.15) is 0 Å². The van der Waals surface area contributed by atoms with E-state index in [2.05, 4.69) is 71.3 Å². The summed E-state index contributed by atoms with van der Waals surface area (Å²) in [6, 6.07) is 21.5. The van der Waals surface area contributed by atoms with E-state index < -0.39 is 0 Å². The first kappa shape index (κ1) is 18.7. The predicted molar refractivity (Wildman–Crippen MR) is 114 cm³/mol. The van der Waals surface area contributed by atoms with E-state index in [0.29, 0.717) is 6.04 Å². The quantitative estimate of drug-likeness (QED) is 0.719. The Morgan fingerprint density at radius 1 is 0.852 bits per heavy atom. The van der Waals surface area contributed by atoms with Gasteiger partial charge < -0.3 is 0 Å². The number of hydrogen-bond donors (Lipinski definition) is 0. The molecule has 2 aromatic rings. The van der Waals surface area contributed by atoms with Crippen LogP contribution in [-0.4, -0.2) is 42.0 Å². The van der Waals surface area contributed by atoms with E-state index in [0.717, 1.165) is 12.5 Å². The molecule has 2 fully saturated rings. The molecule has 2 heteroatoms. The van der Waals surface area contributed by atoms with Gasteiger partial charge in [0.2, 0.25) is 0 Å². The Labute approximate surface area is 165 Å². The van der Waals surface area contributed by atoms with Crippen molar-refractivity contribution in [3.63, 3.8) is 0 Å². The van der Waals surface area contributed by atoms with Crippen LogP contribution in [0.1, 0.15) is 54.8 Å². The van der Waals surface area contributed by atoms with Crippen LogP contribution in [0.4, 0.5) is 0 Å². The van der Waals surface area contributed by atoms with Crippen LogP contribution in [0.3, 0.4) is 0 Å². The van der Waals surface area contributed by atoms with Gasteiger partial charge in [-0.1, -0.05) is 79.4 Å². The normalized spacial score (nSPS) is 21.2. The van der Waals surface area contributed by atoms with E-state index in [9.17, 15) is 0 Å². The summed E-state index contributed by atoms with van der Waals surface area (Å²) in [6.07, 6.45) is 8.27. The Morgan fingerprint density at radius 2 is 1.59 bits per heavy atom. The fraction of sp³-hybridized carbons (Fsp3) is 0.520. The van der Waals surface area contributed by atoms with Gasteiger partial charge in [-0.15, -0.1) is 0 Å². The highest BCUT2D eigenvalue weighted by Gasteiger charge is 2.29. The standard InChI is InChI=1S/C25H34N2/c1-21-9-8-10-22(19-21)20-25(23-11-4-2-5-12-23)27-17-15-26(16-18-27)24-13-6-3-7-14-24/h2,4-5,8-12,19,24-25H,3,6-7,13-18,20H2,1H3. The molecular formula is C25H34N2. The minimum Gasteiger partial charge on any atom is -0.298 e. The molecule has 0 amide bonds. The van der Waals surface area contributed by atoms with Gasteiger partial charge >= 0.3 is 0 Å². The average molecular weight is 363 g/mol. The molecule has 1 saturated heterocycles. The highest BCUT2D eigenvalue weighted by Crippen LogP contribution is 2.29. The van der Waals surface area contributed by atoms with Gasteiger partial charge in [-0.3, -0.25) is 9.80 Å². The van der Waals surface area contributed by atoms with Gasteiger partial charge in [0.15, 0.2) is 0 Å². The molecule has 1 atom stereocenters. The summed E-state index contributed by atoms with van der Waals surface area (Å²) >= 11 is 0. The summed E-state index contributed by atoms with van der Waals surface area (Å²) < 4.78 is 0. The summed E-state index contributed by atoms with van der Waals surface area (Å²) in [5.41, 5.74) is 4.28. The van der Waals surface area contributed by atoms with Crippen LogP contribution in [0.15, 0.2) is 54.6 Å². The second kappa shape index (κ2) is 9.03. The molecule has 2 aromatic carbocycles. The minimum atomic E-state index is 0.488. The van der Waals surface area contributed by atoms with Crippen molar-refractivity contribution in [2.24, 2.45) is 0 Å². The third-order valence-corrected chi connectivity index (χ3v) is 6.58. The van der Waals surface area contributed by atoms with Crippen LogP contribution in [0.25, 0.3) is 0 Å². The molecule has 1 saturated carbocycles. The Kier molecular flexibility index (Phi) is 6.26. The monoisotopic (exact) mass is 362 g/mol. The summed E-state index contributed by atoms with van der Waals surface area (Å²) in [5.74, 6) is 0. The summed E-state index contributed by atoms with van der Waals surface area (Å²) in [4.78, 5) is 5.52. The molecule has 1 unspecified atom stereocenters. The van der Waals surface area contributed by atoms with Crippen LogP contribution >= 0.6 is 0 Å². The van der Waals surface area contributed by atoms with Crippen molar-refractivity contribution in [2.75, 3.05) is 26.2 Å². The maximum Gasteiger partial charge on any atom is 0.0389 e. The topological polar surface area (TPSA) is 6.48 Å². The molecule has 2 aliphatic rings. The van der Waals surface area contributed by atoms with E-state index in [1.165, 1.54) is 75.0 Å². The number of rotatable bonds is 5. The maximum absolute atomic E-state index is 2.78. The number of aryl methyl sites for hydroxylation is 1. The fourth-order valence-corrected chi connectivity index (χ4v) is 5.06. The molecule has 0 bridgehead atoms. The Morgan fingerprint density at radius 3 is 2.30 bits per heavy atom. The number of hydrogen-bond acceptors (Lipinski definition) is 2. The Bertz CT molecular complexity index is 697. The van der Waals surface area contributed by atoms with Gasteiger partial charge in [0, 0.05) is 38.3 Å². The van der Waals surface area contributed by atoms with Gasteiger partial charge in [0.25, 0.3) is 0 Å². The van der Waals surface area contributed by atoms with Crippen LogP contribution in [0.5, 0.6) is 0 Å². The fourth-order valence-electron chi connectivity index (χ4n) is 5.06. The number of nitrogens with zero attached hydrogens (tertiary/aromatic N) is 2. The van der Waals surface area contributed by atoms with Gasteiger partial charge in [-0.05, 0) is 37.3 Å². The molecule has 1 aliphatic carbocycles. The van der Waals surface area contributed by atoms with Crippen molar-refractivity contribution in [1.82, 2.24) is 9.80 Å². The third kappa shape index (κ3) is 4.80. The van der Waals surface area contributed by atoms with Crippen molar-refractivity contribution >= 4 is 0 Å². The zero-order valence-corrected chi connectivity index (χ0v) is 16.8. The number of piperazine rings is 1. The van der Waals surface area contributed by atoms with E-state index in [-0.39, 0.29) is 0 Å². The lowest BCUT2D eigenvalue weighted by molar-refractivity contribution is 0.0559. The molecular weight excluding hydrogens is 328 g/mol. The molecule has 4 rings (SSSR count). The second-order valence-corrected chi connectivity index (χ2v) is 8.48. The lowest BCUT2D eigenvalue weighted by atomic mass is 9.93. The zero-order chi connectivity index (χ0) is 18.5. The molecule has 1 heterocycles. The summed E-state index contributed by atoms with van der Waals surface area (Å²) in [6.45, 7) is 7.07. The van der Waals surface area contributed by atoms with E-state index in [4.69, 9.17) is 0 Å². The highest BCUT2D eigenvalue weighted by molar-refractivity contribution is 5.27. The zero-order valence-electron chi connectivity index (χ0n) is 16.8. The van der Waals surface area contributed by atoms with Gasteiger partial charge in [0.05, 0.1) is 0 Å². The Hall–Kier alpha value is -1.64. The summed E-state index contributed by atoms with van der Waals surface area (Å²) in [5, 5.41) is 0. The molecule has 0 radical (unpaired) electrons. The van der Waals surface area contributed by atoms with Gasteiger partial charge in [-0.2, -0.15) is 0 Å². The second-order valence-electron chi connectivity index (χ2n) is 8.48. The van der Waals surface area contributed by atoms with E-state index >= 15 is 0 Å². The molecule has 27 heavy (non-hydrogen) atoms. The van der Waals surface area contributed by atoms with E-state index in [1.54, 1.807) is 0 Å². The van der Waals surface area contributed by atoms with Crippen LogP contribution in [0.2, 0.25) is 0 Å². The lowest BCUT2D eigenvalue weighted by Crippen LogP contribution is -2.51. The lowest BCUT2D eigenvalue weighted by Gasteiger charge is -2.43. The summed E-state index contributed by atoms with van der Waals surface area (Å²) in [7, 11) is 0. The maximum atomic E-state index is 2.78. The smallest absolute Gasteiger partial charge is 0.0389 e. The highest BCUT2D eigenvalue weighted by atomic mass is 15.3. The first-order valence-electron chi connectivity index (χ1n) is 10.9. The SMILES string of the molecule is Cc1cccc(CC(c2ccccc2)N2CCN(C3CCCCC3)CC2)c1. The predicted octanol–water partition coefficient (Wildman–Crippen LogP) is 5.23. The van der Waals surface area contributed by atoms with Crippen molar-refractivity contribution in [3.05, 3.63) is 71.3 Å². The molecule has 0 spiro atoms. The molecule has 0 N–H and O–H groups in total. The molecule has 2 nitrogen and oxygen atoms in total. The Balaban J connectivity index is 1.46. The first-order chi connectivity index (χ1) is 13.3.